The Hall–Kier alpha value is -3.34. The lowest BCUT2D eigenvalue weighted by molar-refractivity contribution is -0.123. The Morgan fingerprint density at radius 1 is 0.971 bits per heavy atom. The van der Waals surface area contributed by atoms with E-state index in [4.69, 9.17) is 4.74 Å². The second kappa shape index (κ2) is 9.88. The summed E-state index contributed by atoms with van der Waals surface area (Å²) in [6.07, 6.45) is 7.18. The number of carboxylic acid groups (broad SMARTS) is 1. The molecule has 2 unspecified atom stereocenters. The molecule has 3 aromatic carbocycles. The van der Waals surface area contributed by atoms with Crippen LogP contribution in [0.25, 0.3) is 10.8 Å². The molecular formula is C29H31NO4. The molecule has 0 spiro atoms. The number of amides is 1. The summed E-state index contributed by atoms with van der Waals surface area (Å²) in [5.74, 6) is 0.954. The summed E-state index contributed by atoms with van der Waals surface area (Å²) in [4.78, 5) is 23.8. The molecule has 2 fully saturated rings. The minimum absolute atomic E-state index is 0.0738. The van der Waals surface area contributed by atoms with Crippen LogP contribution in [-0.4, -0.2) is 23.5 Å². The average Bonchev–Trinajstić information content (AvgIpc) is 3.29. The Morgan fingerprint density at radius 3 is 2.53 bits per heavy atom. The van der Waals surface area contributed by atoms with E-state index in [9.17, 15) is 14.7 Å². The molecule has 3 aromatic rings. The van der Waals surface area contributed by atoms with E-state index in [0.717, 1.165) is 35.1 Å². The van der Waals surface area contributed by atoms with Crippen LogP contribution >= 0.6 is 0 Å². The van der Waals surface area contributed by atoms with Crippen LogP contribution in [0, 0.1) is 11.8 Å². The molecule has 5 rings (SSSR count). The summed E-state index contributed by atoms with van der Waals surface area (Å²) >= 11 is 0. The third kappa shape index (κ3) is 4.79. The summed E-state index contributed by atoms with van der Waals surface area (Å²) in [7, 11) is 0. The molecule has 0 aromatic heterocycles. The van der Waals surface area contributed by atoms with Crippen LogP contribution in [0.5, 0.6) is 5.75 Å². The Bertz CT molecular complexity index is 1200. The van der Waals surface area contributed by atoms with Gasteiger partial charge in [0.1, 0.15) is 12.4 Å². The maximum atomic E-state index is 12.6. The number of aromatic carboxylic acids is 1. The van der Waals surface area contributed by atoms with Gasteiger partial charge in [-0.25, -0.2) is 4.79 Å². The van der Waals surface area contributed by atoms with Crippen molar-refractivity contribution in [3.8, 4) is 5.75 Å². The van der Waals surface area contributed by atoms with E-state index in [1.54, 1.807) is 18.2 Å². The van der Waals surface area contributed by atoms with Gasteiger partial charge < -0.3 is 15.2 Å². The van der Waals surface area contributed by atoms with Gasteiger partial charge in [0, 0.05) is 12.5 Å². The lowest BCUT2D eigenvalue weighted by Gasteiger charge is -2.34. The van der Waals surface area contributed by atoms with Crippen LogP contribution < -0.4 is 10.1 Å². The molecule has 0 bridgehead atoms. The fraction of sp³-hybridized carbons (Fsp3) is 0.379. The molecule has 1 amide bonds. The molecule has 1 aliphatic heterocycles. The fourth-order valence-electron chi connectivity index (χ4n) is 5.78. The zero-order valence-electron chi connectivity index (χ0n) is 19.3. The summed E-state index contributed by atoms with van der Waals surface area (Å²) in [5, 5.41) is 14.5. The quantitative estimate of drug-likeness (QED) is 0.462. The second-order valence-corrected chi connectivity index (χ2v) is 9.67. The number of carboxylic acids is 1. The van der Waals surface area contributed by atoms with Crippen molar-refractivity contribution in [1.82, 2.24) is 5.32 Å². The normalized spacial score (nSPS) is 19.6. The SMILES string of the molecule is O=C(O)c1cccc(COc2ccc3cc(C(C4CCCCC4)C4CCNC4=O)ccc3c2)c1. The first kappa shape index (κ1) is 22.5. The van der Waals surface area contributed by atoms with Crippen LogP contribution in [0.15, 0.2) is 60.7 Å². The van der Waals surface area contributed by atoms with E-state index in [1.165, 1.54) is 37.7 Å². The van der Waals surface area contributed by atoms with Gasteiger partial charge in [-0.2, -0.15) is 0 Å². The molecule has 34 heavy (non-hydrogen) atoms. The zero-order valence-corrected chi connectivity index (χ0v) is 19.3. The predicted molar refractivity (Wildman–Crippen MR) is 132 cm³/mol. The standard InChI is InChI=1S/C29H31NO4/c31-28-26(13-14-30-28)27(20-6-2-1-3-7-20)23-10-9-22-17-25(12-11-21(22)16-23)34-18-19-5-4-8-24(15-19)29(32)33/h4-5,8-12,15-17,20,26-27H,1-3,6-7,13-14,18H2,(H,30,31)(H,32,33). The second-order valence-electron chi connectivity index (χ2n) is 9.67. The van der Waals surface area contributed by atoms with Gasteiger partial charge in [0.15, 0.2) is 0 Å². The number of benzene rings is 3. The summed E-state index contributed by atoms with van der Waals surface area (Å²) in [6, 6.07) is 19.5. The van der Waals surface area contributed by atoms with Gasteiger partial charge in [-0.05, 0) is 77.3 Å². The topological polar surface area (TPSA) is 75.6 Å². The summed E-state index contributed by atoms with van der Waals surface area (Å²) in [6.45, 7) is 1.10. The minimum Gasteiger partial charge on any atom is -0.489 e. The Labute approximate surface area is 200 Å². The predicted octanol–water partition coefficient (Wildman–Crippen LogP) is 5.92. The van der Waals surface area contributed by atoms with Crippen LogP contribution in [-0.2, 0) is 11.4 Å². The smallest absolute Gasteiger partial charge is 0.335 e. The highest BCUT2D eigenvalue weighted by Gasteiger charge is 2.38. The molecule has 1 aliphatic carbocycles. The highest BCUT2D eigenvalue weighted by molar-refractivity contribution is 5.88. The number of fused-ring (bicyclic) bond motifs is 1. The molecule has 2 aliphatic rings. The zero-order chi connectivity index (χ0) is 23.5. The van der Waals surface area contributed by atoms with E-state index in [1.807, 2.05) is 18.2 Å². The molecular weight excluding hydrogens is 426 g/mol. The maximum Gasteiger partial charge on any atom is 0.335 e. The van der Waals surface area contributed by atoms with Crippen LogP contribution in [0.1, 0.15) is 65.9 Å². The number of nitrogens with one attached hydrogen (secondary N) is 1. The van der Waals surface area contributed by atoms with Crippen LogP contribution in [0.4, 0.5) is 0 Å². The molecule has 5 heteroatoms. The first-order valence-electron chi connectivity index (χ1n) is 12.3. The van der Waals surface area contributed by atoms with E-state index in [-0.39, 0.29) is 23.3 Å². The molecule has 1 saturated heterocycles. The van der Waals surface area contributed by atoms with Gasteiger partial charge in [-0.1, -0.05) is 55.7 Å². The van der Waals surface area contributed by atoms with Crippen molar-refractivity contribution in [3.63, 3.8) is 0 Å². The Morgan fingerprint density at radius 2 is 1.76 bits per heavy atom. The number of hydrogen-bond acceptors (Lipinski definition) is 3. The molecule has 1 saturated carbocycles. The third-order valence-electron chi connectivity index (χ3n) is 7.48. The third-order valence-corrected chi connectivity index (χ3v) is 7.48. The molecule has 2 atom stereocenters. The number of hydrogen-bond donors (Lipinski definition) is 2. The largest absolute Gasteiger partial charge is 0.489 e. The first-order valence-corrected chi connectivity index (χ1v) is 12.3. The van der Waals surface area contributed by atoms with Crippen molar-refractivity contribution < 1.29 is 19.4 Å². The van der Waals surface area contributed by atoms with Crippen molar-refractivity contribution in [2.75, 3.05) is 6.54 Å². The Kier molecular flexibility index (Phi) is 6.52. The fourth-order valence-corrected chi connectivity index (χ4v) is 5.78. The van der Waals surface area contributed by atoms with Crippen molar-refractivity contribution in [3.05, 3.63) is 77.4 Å². The number of carbonyl (C=O) groups excluding carboxylic acids is 1. The number of rotatable bonds is 7. The molecule has 5 nitrogen and oxygen atoms in total. The summed E-state index contributed by atoms with van der Waals surface area (Å²) in [5.41, 5.74) is 2.36. The number of ether oxygens (including phenoxy) is 1. The highest BCUT2D eigenvalue weighted by Crippen LogP contribution is 2.43. The van der Waals surface area contributed by atoms with Gasteiger partial charge in [-0.15, -0.1) is 0 Å². The van der Waals surface area contributed by atoms with Crippen molar-refractivity contribution in [2.24, 2.45) is 11.8 Å². The van der Waals surface area contributed by atoms with Gasteiger partial charge in [0.25, 0.3) is 0 Å². The van der Waals surface area contributed by atoms with Crippen LogP contribution in [0.3, 0.4) is 0 Å². The van der Waals surface area contributed by atoms with Crippen molar-refractivity contribution >= 4 is 22.6 Å². The lowest BCUT2D eigenvalue weighted by atomic mass is 9.70. The summed E-state index contributed by atoms with van der Waals surface area (Å²) < 4.78 is 5.96. The van der Waals surface area contributed by atoms with E-state index in [0.29, 0.717) is 12.5 Å². The van der Waals surface area contributed by atoms with E-state index < -0.39 is 5.97 Å². The van der Waals surface area contributed by atoms with Gasteiger partial charge in [-0.3, -0.25) is 4.79 Å². The number of carbonyl (C=O) groups is 2. The minimum atomic E-state index is -0.940. The van der Waals surface area contributed by atoms with Crippen molar-refractivity contribution in [1.29, 1.82) is 0 Å². The molecule has 0 radical (unpaired) electrons. The first-order chi connectivity index (χ1) is 16.6. The van der Waals surface area contributed by atoms with E-state index in [2.05, 4.69) is 29.6 Å². The lowest BCUT2D eigenvalue weighted by Crippen LogP contribution is -2.29. The molecule has 176 valence electrons. The van der Waals surface area contributed by atoms with Crippen molar-refractivity contribution in [2.45, 2.75) is 51.0 Å². The highest BCUT2D eigenvalue weighted by atomic mass is 16.5. The monoisotopic (exact) mass is 457 g/mol. The Balaban J connectivity index is 1.36. The van der Waals surface area contributed by atoms with E-state index >= 15 is 0 Å². The van der Waals surface area contributed by atoms with Gasteiger partial charge in [0.2, 0.25) is 5.91 Å². The van der Waals surface area contributed by atoms with Gasteiger partial charge in [0.05, 0.1) is 5.56 Å². The molecule has 1 heterocycles. The molecule has 2 N–H and O–H groups in total. The maximum absolute atomic E-state index is 12.6. The average molecular weight is 458 g/mol. The van der Waals surface area contributed by atoms with Crippen LogP contribution in [0.2, 0.25) is 0 Å². The van der Waals surface area contributed by atoms with Gasteiger partial charge >= 0.3 is 5.97 Å².